The molecule has 1 atom stereocenters. The van der Waals surface area contributed by atoms with Crippen LogP contribution in [0.15, 0.2) is 5.16 Å². The normalized spacial score (nSPS) is 14.8. The summed E-state index contributed by atoms with van der Waals surface area (Å²) in [5, 5.41) is 11.6. The van der Waals surface area contributed by atoms with Gasteiger partial charge in [-0.25, -0.2) is 0 Å². The van der Waals surface area contributed by atoms with Crippen molar-refractivity contribution in [1.29, 1.82) is 0 Å². The minimum Gasteiger partial charge on any atom is -0.409 e. The molecule has 0 saturated heterocycles. The van der Waals surface area contributed by atoms with E-state index in [0.29, 0.717) is 24.3 Å². The van der Waals surface area contributed by atoms with Crippen molar-refractivity contribution < 1.29 is 5.21 Å². The maximum absolute atomic E-state index is 8.56. The molecule has 0 bridgehead atoms. The highest BCUT2D eigenvalue weighted by Gasteiger charge is 2.17. The minimum absolute atomic E-state index is 0.314. The van der Waals surface area contributed by atoms with Crippen molar-refractivity contribution in [3.8, 4) is 0 Å². The molecule has 3 N–H and O–H groups in total. The molecule has 0 spiro atoms. The lowest BCUT2D eigenvalue weighted by molar-refractivity contribution is 0.163. The summed E-state index contributed by atoms with van der Waals surface area (Å²) in [7, 11) is 0. The Hall–Kier alpha value is -0.770. The van der Waals surface area contributed by atoms with Gasteiger partial charge in [0.25, 0.3) is 0 Å². The molecule has 0 radical (unpaired) electrons. The van der Waals surface area contributed by atoms with Crippen LogP contribution in [0.5, 0.6) is 0 Å². The Labute approximate surface area is 99.5 Å². The van der Waals surface area contributed by atoms with E-state index in [1.165, 1.54) is 19.3 Å². The number of amidine groups is 1. The van der Waals surface area contributed by atoms with E-state index in [-0.39, 0.29) is 0 Å². The first kappa shape index (κ1) is 15.2. The van der Waals surface area contributed by atoms with Gasteiger partial charge in [-0.3, -0.25) is 4.90 Å². The summed E-state index contributed by atoms with van der Waals surface area (Å²) in [6, 6.07) is 0.825. The molecule has 0 aliphatic rings. The number of nitrogens with zero attached hydrogens (tertiary/aromatic N) is 2. The maximum Gasteiger partial charge on any atom is 0.140 e. The Kier molecular flexibility index (Phi) is 7.99. The number of hydrogen-bond donors (Lipinski definition) is 2. The van der Waals surface area contributed by atoms with Crippen LogP contribution in [0.4, 0.5) is 0 Å². The van der Waals surface area contributed by atoms with Gasteiger partial charge in [-0.1, -0.05) is 24.9 Å². The van der Waals surface area contributed by atoms with Crippen LogP contribution in [0.25, 0.3) is 0 Å². The van der Waals surface area contributed by atoms with E-state index in [9.17, 15) is 0 Å². The average Bonchev–Trinajstić information content (AvgIpc) is 2.23. The van der Waals surface area contributed by atoms with Crippen molar-refractivity contribution in [2.24, 2.45) is 10.9 Å². The van der Waals surface area contributed by atoms with Crippen LogP contribution in [0.3, 0.4) is 0 Å². The predicted octanol–water partition coefficient (Wildman–Crippen LogP) is 2.41. The van der Waals surface area contributed by atoms with Crippen molar-refractivity contribution in [2.45, 2.75) is 65.5 Å². The lowest BCUT2D eigenvalue weighted by Gasteiger charge is -2.32. The molecule has 16 heavy (non-hydrogen) atoms. The molecule has 0 aromatic rings. The van der Waals surface area contributed by atoms with Crippen LogP contribution < -0.4 is 5.73 Å². The number of hydrogen-bond acceptors (Lipinski definition) is 3. The smallest absolute Gasteiger partial charge is 0.140 e. The van der Waals surface area contributed by atoms with E-state index in [1.54, 1.807) is 0 Å². The maximum atomic E-state index is 8.56. The topological polar surface area (TPSA) is 61.8 Å². The molecule has 0 fully saturated rings. The molecule has 4 heteroatoms. The summed E-state index contributed by atoms with van der Waals surface area (Å²) in [5.74, 6) is 0.314. The van der Waals surface area contributed by atoms with Gasteiger partial charge in [0.05, 0.1) is 0 Å². The number of unbranched alkanes of at least 4 members (excludes halogenated alkanes) is 2. The van der Waals surface area contributed by atoms with E-state index < -0.39 is 0 Å². The molecule has 0 aliphatic heterocycles. The summed E-state index contributed by atoms with van der Waals surface area (Å²) < 4.78 is 0. The SMILES string of the molecule is CCCCCN(C(C)C)C(C)CC(N)=NO. The highest BCUT2D eigenvalue weighted by Crippen LogP contribution is 2.11. The van der Waals surface area contributed by atoms with Gasteiger partial charge in [-0.15, -0.1) is 0 Å². The van der Waals surface area contributed by atoms with Gasteiger partial charge in [-0.2, -0.15) is 0 Å². The molecule has 96 valence electrons. The molecule has 0 aromatic carbocycles. The summed E-state index contributed by atoms with van der Waals surface area (Å²) in [6.07, 6.45) is 4.34. The molecule has 0 saturated carbocycles. The number of rotatable bonds is 8. The molecule has 0 amide bonds. The van der Waals surface area contributed by atoms with Crippen LogP contribution in [0.1, 0.15) is 53.4 Å². The van der Waals surface area contributed by atoms with Crippen molar-refractivity contribution in [2.75, 3.05) is 6.54 Å². The summed E-state index contributed by atoms with van der Waals surface area (Å²) >= 11 is 0. The number of oxime groups is 1. The molecular formula is C12H27N3O. The summed E-state index contributed by atoms with van der Waals surface area (Å²) in [5.41, 5.74) is 5.54. The molecule has 0 aromatic heterocycles. The average molecular weight is 229 g/mol. The lowest BCUT2D eigenvalue weighted by Crippen LogP contribution is -2.41. The standard InChI is InChI=1S/C12H27N3O/c1-5-6-7-8-15(10(2)3)11(4)9-12(13)14-16/h10-11,16H,5-9H2,1-4H3,(H2,13,14). The van der Waals surface area contributed by atoms with Crippen LogP contribution in [0, 0.1) is 0 Å². The second kappa shape index (κ2) is 8.39. The first-order chi connectivity index (χ1) is 7.52. The zero-order valence-corrected chi connectivity index (χ0v) is 11.1. The largest absolute Gasteiger partial charge is 0.409 e. The molecular weight excluding hydrogens is 202 g/mol. The molecule has 1 unspecified atom stereocenters. The van der Waals surface area contributed by atoms with Crippen molar-refractivity contribution in [1.82, 2.24) is 4.90 Å². The molecule has 0 heterocycles. The van der Waals surface area contributed by atoms with E-state index in [2.05, 4.69) is 37.8 Å². The monoisotopic (exact) mass is 229 g/mol. The van der Waals surface area contributed by atoms with E-state index >= 15 is 0 Å². The second-order valence-electron chi connectivity index (χ2n) is 4.68. The third kappa shape index (κ3) is 5.95. The Bertz CT molecular complexity index is 204. The van der Waals surface area contributed by atoms with Crippen LogP contribution in [-0.2, 0) is 0 Å². The van der Waals surface area contributed by atoms with Crippen molar-refractivity contribution in [3.05, 3.63) is 0 Å². The molecule has 0 rings (SSSR count). The third-order valence-electron chi connectivity index (χ3n) is 2.88. The number of nitrogens with two attached hydrogens (primary N) is 1. The Morgan fingerprint density at radius 2 is 1.94 bits per heavy atom. The van der Waals surface area contributed by atoms with Crippen LogP contribution in [0.2, 0.25) is 0 Å². The summed E-state index contributed by atoms with van der Waals surface area (Å²) in [4.78, 5) is 2.41. The molecule has 0 aliphatic carbocycles. The first-order valence-corrected chi connectivity index (χ1v) is 6.25. The fourth-order valence-corrected chi connectivity index (χ4v) is 1.99. The van der Waals surface area contributed by atoms with Crippen molar-refractivity contribution >= 4 is 5.84 Å². The van der Waals surface area contributed by atoms with Gasteiger partial charge in [0.2, 0.25) is 0 Å². The van der Waals surface area contributed by atoms with Crippen LogP contribution >= 0.6 is 0 Å². The predicted molar refractivity (Wildman–Crippen MR) is 68.9 cm³/mol. The summed E-state index contributed by atoms with van der Waals surface area (Å²) in [6.45, 7) is 9.80. The van der Waals surface area contributed by atoms with Crippen molar-refractivity contribution in [3.63, 3.8) is 0 Å². The van der Waals surface area contributed by atoms with E-state index in [4.69, 9.17) is 10.9 Å². The highest BCUT2D eigenvalue weighted by atomic mass is 16.4. The van der Waals surface area contributed by atoms with Crippen LogP contribution in [-0.4, -0.2) is 34.6 Å². The zero-order chi connectivity index (χ0) is 12.6. The second-order valence-corrected chi connectivity index (χ2v) is 4.68. The fourth-order valence-electron chi connectivity index (χ4n) is 1.99. The lowest BCUT2D eigenvalue weighted by atomic mass is 10.1. The van der Waals surface area contributed by atoms with Gasteiger partial charge >= 0.3 is 0 Å². The minimum atomic E-state index is 0.314. The quantitative estimate of drug-likeness (QED) is 0.221. The third-order valence-corrected chi connectivity index (χ3v) is 2.88. The van der Waals surface area contributed by atoms with E-state index in [1.807, 2.05) is 0 Å². The van der Waals surface area contributed by atoms with Gasteiger partial charge in [0.1, 0.15) is 5.84 Å². The van der Waals surface area contributed by atoms with Gasteiger partial charge < -0.3 is 10.9 Å². The van der Waals surface area contributed by atoms with Gasteiger partial charge in [0, 0.05) is 18.5 Å². The Morgan fingerprint density at radius 1 is 1.31 bits per heavy atom. The van der Waals surface area contributed by atoms with Gasteiger partial charge in [0.15, 0.2) is 0 Å². The highest BCUT2D eigenvalue weighted by molar-refractivity contribution is 5.80. The van der Waals surface area contributed by atoms with Gasteiger partial charge in [-0.05, 0) is 33.7 Å². The van der Waals surface area contributed by atoms with E-state index in [0.717, 1.165) is 6.54 Å². The fraction of sp³-hybridized carbons (Fsp3) is 0.917. The first-order valence-electron chi connectivity index (χ1n) is 6.25. The zero-order valence-electron chi connectivity index (χ0n) is 11.1. The molecule has 4 nitrogen and oxygen atoms in total. The Balaban J connectivity index is 4.18. The Morgan fingerprint density at radius 3 is 2.38 bits per heavy atom.